The van der Waals surface area contributed by atoms with Gasteiger partial charge >= 0.3 is 6.03 Å². The van der Waals surface area contributed by atoms with Crippen molar-refractivity contribution in [2.45, 2.75) is 20.0 Å². The van der Waals surface area contributed by atoms with Crippen molar-refractivity contribution in [2.24, 2.45) is 0 Å². The second-order valence-corrected chi connectivity index (χ2v) is 2.90. The van der Waals surface area contributed by atoms with E-state index < -0.39 is 0 Å². The molecule has 2 amide bonds. The van der Waals surface area contributed by atoms with Crippen LogP contribution in [0.1, 0.15) is 13.8 Å². The van der Waals surface area contributed by atoms with E-state index in [4.69, 9.17) is 4.74 Å². The summed E-state index contributed by atoms with van der Waals surface area (Å²) in [7, 11) is 3.35. The first-order chi connectivity index (χ1) is 5.57. The van der Waals surface area contributed by atoms with E-state index in [9.17, 15) is 4.79 Å². The average Bonchev–Trinajstić information content (AvgIpc) is 2.02. The second-order valence-electron chi connectivity index (χ2n) is 2.90. The fraction of sp³-hybridized carbons (Fsp3) is 0.875. The van der Waals surface area contributed by atoms with Crippen molar-refractivity contribution in [1.29, 1.82) is 0 Å². The van der Waals surface area contributed by atoms with Gasteiger partial charge in [0.2, 0.25) is 0 Å². The van der Waals surface area contributed by atoms with E-state index in [1.807, 2.05) is 13.8 Å². The van der Waals surface area contributed by atoms with Gasteiger partial charge in [-0.25, -0.2) is 4.79 Å². The third-order valence-electron chi connectivity index (χ3n) is 1.44. The van der Waals surface area contributed by atoms with Crippen LogP contribution in [0.25, 0.3) is 0 Å². The van der Waals surface area contributed by atoms with Crippen LogP contribution in [-0.4, -0.2) is 44.3 Å². The Labute approximate surface area is 73.9 Å². The second kappa shape index (κ2) is 5.83. The SMILES string of the molecule is CNC(=O)N(C)CCOC(C)C. The molecule has 0 aliphatic carbocycles. The number of nitrogens with zero attached hydrogens (tertiary/aromatic N) is 1. The highest BCUT2D eigenvalue weighted by atomic mass is 16.5. The van der Waals surface area contributed by atoms with Gasteiger partial charge in [-0.05, 0) is 13.8 Å². The molecule has 0 unspecified atom stereocenters. The molecule has 0 aromatic carbocycles. The smallest absolute Gasteiger partial charge is 0.316 e. The van der Waals surface area contributed by atoms with Gasteiger partial charge in [0.1, 0.15) is 0 Å². The zero-order valence-electron chi connectivity index (χ0n) is 8.26. The molecule has 4 nitrogen and oxygen atoms in total. The molecule has 0 saturated carbocycles. The van der Waals surface area contributed by atoms with E-state index in [1.165, 1.54) is 0 Å². The predicted octanol–water partition coefficient (Wildman–Crippen LogP) is 0.683. The van der Waals surface area contributed by atoms with Crippen LogP contribution < -0.4 is 5.32 Å². The molecule has 0 aromatic rings. The molecule has 0 bridgehead atoms. The van der Waals surface area contributed by atoms with E-state index >= 15 is 0 Å². The zero-order chi connectivity index (χ0) is 9.56. The van der Waals surface area contributed by atoms with Crippen molar-refractivity contribution in [3.8, 4) is 0 Å². The number of carbonyl (C=O) groups excluding carboxylic acids is 1. The topological polar surface area (TPSA) is 41.6 Å². The Balaban J connectivity index is 3.43. The van der Waals surface area contributed by atoms with Crippen molar-refractivity contribution in [3.63, 3.8) is 0 Å². The number of rotatable bonds is 4. The lowest BCUT2D eigenvalue weighted by molar-refractivity contribution is 0.0682. The molecule has 0 aliphatic heterocycles. The Kier molecular flexibility index (Phi) is 5.45. The van der Waals surface area contributed by atoms with Crippen molar-refractivity contribution < 1.29 is 9.53 Å². The molecule has 0 radical (unpaired) electrons. The molecular weight excluding hydrogens is 156 g/mol. The van der Waals surface area contributed by atoms with Gasteiger partial charge < -0.3 is 15.0 Å². The normalized spacial score (nSPS) is 10.1. The van der Waals surface area contributed by atoms with E-state index in [0.29, 0.717) is 13.2 Å². The zero-order valence-corrected chi connectivity index (χ0v) is 8.26. The summed E-state index contributed by atoms with van der Waals surface area (Å²) < 4.78 is 5.29. The predicted molar refractivity (Wildman–Crippen MR) is 48.2 cm³/mol. The first-order valence-electron chi connectivity index (χ1n) is 4.12. The standard InChI is InChI=1S/C8H18N2O2/c1-7(2)12-6-5-10(4)8(11)9-3/h7H,5-6H2,1-4H3,(H,9,11). The third kappa shape index (κ3) is 4.96. The minimum Gasteiger partial charge on any atom is -0.377 e. The van der Waals surface area contributed by atoms with Crippen LogP contribution in [0.3, 0.4) is 0 Å². The molecular formula is C8H18N2O2. The third-order valence-corrected chi connectivity index (χ3v) is 1.44. The summed E-state index contributed by atoms with van der Waals surface area (Å²) in [5.74, 6) is 0. The molecule has 0 aromatic heterocycles. The van der Waals surface area contributed by atoms with Gasteiger partial charge in [0, 0.05) is 20.6 Å². The maximum atomic E-state index is 10.9. The summed E-state index contributed by atoms with van der Waals surface area (Å²) in [4.78, 5) is 12.5. The molecule has 0 atom stereocenters. The number of urea groups is 1. The molecule has 0 aliphatic rings. The molecule has 4 heteroatoms. The Bertz CT molecular complexity index is 137. The largest absolute Gasteiger partial charge is 0.377 e. The minimum absolute atomic E-state index is 0.0812. The number of likely N-dealkylation sites (N-methyl/N-ethyl adjacent to an activating group) is 1. The summed E-state index contributed by atoms with van der Waals surface area (Å²) in [6.07, 6.45) is 0.225. The van der Waals surface area contributed by atoms with Gasteiger partial charge in [0.25, 0.3) is 0 Å². The van der Waals surface area contributed by atoms with Crippen LogP contribution in [0.4, 0.5) is 4.79 Å². The van der Waals surface area contributed by atoms with Crippen LogP contribution in [0.5, 0.6) is 0 Å². The summed E-state index contributed by atoms with van der Waals surface area (Å²) in [5, 5.41) is 2.53. The van der Waals surface area contributed by atoms with Gasteiger partial charge in [-0.2, -0.15) is 0 Å². The summed E-state index contributed by atoms with van der Waals surface area (Å²) in [6.45, 7) is 5.15. The Morgan fingerprint density at radius 2 is 2.17 bits per heavy atom. The van der Waals surface area contributed by atoms with Crippen molar-refractivity contribution in [2.75, 3.05) is 27.2 Å². The minimum atomic E-state index is -0.0812. The number of nitrogens with one attached hydrogen (secondary N) is 1. The molecule has 0 spiro atoms. The molecule has 1 N–H and O–H groups in total. The molecule has 0 rings (SSSR count). The summed E-state index contributed by atoms with van der Waals surface area (Å²) in [5.41, 5.74) is 0. The highest BCUT2D eigenvalue weighted by molar-refractivity contribution is 5.73. The maximum absolute atomic E-state index is 10.9. The van der Waals surface area contributed by atoms with Gasteiger partial charge in [-0.3, -0.25) is 0 Å². The summed E-state index contributed by atoms with van der Waals surface area (Å²) in [6, 6.07) is -0.0812. The number of hydrogen-bond acceptors (Lipinski definition) is 2. The monoisotopic (exact) mass is 174 g/mol. The van der Waals surface area contributed by atoms with Crippen LogP contribution in [-0.2, 0) is 4.74 Å². The van der Waals surface area contributed by atoms with Crippen LogP contribution >= 0.6 is 0 Å². The van der Waals surface area contributed by atoms with Crippen molar-refractivity contribution in [1.82, 2.24) is 10.2 Å². The Morgan fingerprint density at radius 3 is 2.58 bits per heavy atom. The molecule has 0 fully saturated rings. The molecule has 0 saturated heterocycles. The number of ether oxygens (including phenoxy) is 1. The van der Waals surface area contributed by atoms with E-state index in [-0.39, 0.29) is 12.1 Å². The first-order valence-corrected chi connectivity index (χ1v) is 4.12. The van der Waals surface area contributed by atoms with Crippen molar-refractivity contribution >= 4 is 6.03 Å². The number of hydrogen-bond donors (Lipinski definition) is 1. The Hall–Kier alpha value is -0.770. The van der Waals surface area contributed by atoms with E-state index in [2.05, 4.69) is 5.32 Å². The lowest BCUT2D eigenvalue weighted by Crippen LogP contribution is -2.37. The van der Waals surface area contributed by atoms with Gasteiger partial charge in [0.15, 0.2) is 0 Å². The highest BCUT2D eigenvalue weighted by Gasteiger charge is 2.04. The first kappa shape index (κ1) is 11.2. The van der Waals surface area contributed by atoms with Crippen LogP contribution in [0, 0.1) is 0 Å². The molecule has 72 valence electrons. The van der Waals surface area contributed by atoms with Crippen LogP contribution in [0.15, 0.2) is 0 Å². The summed E-state index contributed by atoms with van der Waals surface area (Å²) >= 11 is 0. The maximum Gasteiger partial charge on any atom is 0.316 e. The fourth-order valence-electron chi connectivity index (χ4n) is 0.718. The quantitative estimate of drug-likeness (QED) is 0.681. The van der Waals surface area contributed by atoms with Gasteiger partial charge in [-0.1, -0.05) is 0 Å². The molecule has 0 heterocycles. The van der Waals surface area contributed by atoms with E-state index in [1.54, 1.807) is 19.0 Å². The average molecular weight is 174 g/mol. The van der Waals surface area contributed by atoms with Gasteiger partial charge in [0.05, 0.1) is 12.7 Å². The fourth-order valence-corrected chi connectivity index (χ4v) is 0.718. The lowest BCUT2D eigenvalue weighted by atomic mass is 10.5. The van der Waals surface area contributed by atoms with Crippen molar-refractivity contribution in [3.05, 3.63) is 0 Å². The Morgan fingerprint density at radius 1 is 1.58 bits per heavy atom. The van der Waals surface area contributed by atoms with Crippen LogP contribution in [0.2, 0.25) is 0 Å². The number of carbonyl (C=O) groups is 1. The van der Waals surface area contributed by atoms with E-state index in [0.717, 1.165) is 0 Å². The number of amides is 2. The molecule has 12 heavy (non-hydrogen) atoms. The van der Waals surface area contributed by atoms with Gasteiger partial charge in [-0.15, -0.1) is 0 Å². The highest BCUT2D eigenvalue weighted by Crippen LogP contribution is 1.89. The lowest BCUT2D eigenvalue weighted by Gasteiger charge is -2.17.